The van der Waals surface area contributed by atoms with E-state index in [1.165, 1.54) is 0 Å². The number of hydrogen-bond donors (Lipinski definition) is 1. The lowest BCUT2D eigenvalue weighted by molar-refractivity contribution is -0.141. The third-order valence-corrected chi connectivity index (χ3v) is 3.47. The molecule has 7 heteroatoms. The minimum atomic E-state index is -0.516. The molecular formula is C17H24N2O5. The van der Waals surface area contributed by atoms with Crippen LogP contribution < -0.4 is 5.32 Å². The summed E-state index contributed by atoms with van der Waals surface area (Å²) in [5, 5.41) is 2.51. The third kappa shape index (κ3) is 4.24. The third-order valence-electron chi connectivity index (χ3n) is 3.47. The Morgan fingerprint density at radius 1 is 1.17 bits per heavy atom. The van der Waals surface area contributed by atoms with Gasteiger partial charge in [0.05, 0.1) is 18.8 Å². The Morgan fingerprint density at radius 3 is 2.33 bits per heavy atom. The summed E-state index contributed by atoms with van der Waals surface area (Å²) in [6, 6.07) is 0. The van der Waals surface area contributed by atoms with E-state index in [9.17, 15) is 14.4 Å². The summed E-state index contributed by atoms with van der Waals surface area (Å²) >= 11 is 0. The maximum absolute atomic E-state index is 12.4. The monoisotopic (exact) mass is 336 g/mol. The zero-order chi connectivity index (χ0) is 18.3. The van der Waals surface area contributed by atoms with Gasteiger partial charge in [0.25, 0.3) is 5.91 Å². The van der Waals surface area contributed by atoms with E-state index in [1.54, 1.807) is 38.3 Å². The van der Waals surface area contributed by atoms with Gasteiger partial charge in [0.15, 0.2) is 0 Å². The molecule has 1 aromatic heterocycles. The molecule has 0 fully saturated rings. The van der Waals surface area contributed by atoms with Crippen molar-refractivity contribution in [3.05, 3.63) is 35.2 Å². The Labute approximate surface area is 141 Å². The Balaban J connectivity index is 3.17. The van der Waals surface area contributed by atoms with Crippen LogP contribution in [0.25, 0.3) is 0 Å². The van der Waals surface area contributed by atoms with E-state index in [1.807, 2.05) is 0 Å². The molecule has 24 heavy (non-hydrogen) atoms. The van der Waals surface area contributed by atoms with E-state index in [2.05, 4.69) is 11.9 Å². The predicted molar refractivity (Wildman–Crippen MR) is 89.0 cm³/mol. The Kier molecular flexibility index (Phi) is 7.23. The molecule has 0 saturated carbocycles. The van der Waals surface area contributed by atoms with Crippen LogP contribution in [0.15, 0.2) is 12.7 Å². The number of esters is 2. The molecule has 0 radical (unpaired) electrons. The van der Waals surface area contributed by atoms with Crippen molar-refractivity contribution in [1.29, 1.82) is 0 Å². The van der Waals surface area contributed by atoms with Crippen LogP contribution in [0, 0.1) is 13.8 Å². The highest BCUT2D eigenvalue weighted by molar-refractivity contribution is 6.02. The summed E-state index contributed by atoms with van der Waals surface area (Å²) in [5.74, 6) is -1.45. The van der Waals surface area contributed by atoms with Gasteiger partial charge >= 0.3 is 11.9 Å². The van der Waals surface area contributed by atoms with Gasteiger partial charge < -0.3 is 19.4 Å². The lowest BCUT2D eigenvalue weighted by atomic mass is 10.1. The maximum atomic E-state index is 12.4. The normalized spacial score (nSPS) is 10.2. The van der Waals surface area contributed by atoms with Crippen molar-refractivity contribution in [2.75, 3.05) is 19.8 Å². The first-order valence-corrected chi connectivity index (χ1v) is 7.80. The van der Waals surface area contributed by atoms with E-state index in [0.29, 0.717) is 29.1 Å². The molecule has 0 spiro atoms. The van der Waals surface area contributed by atoms with E-state index in [-0.39, 0.29) is 19.8 Å². The van der Waals surface area contributed by atoms with Crippen molar-refractivity contribution in [3.63, 3.8) is 0 Å². The second-order valence-electron chi connectivity index (χ2n) is 5.04. The molecule has 1 heterocycles. The second-order valence-corrected chi connectivity index (χ2v) is 5.04. The number of rotatable bonds is 8. The molecule has 132 valence electrons. The molecule has 0 bridgehead atoms. The summed E-state index contributed by atoms with van der Waals surface area (Å²) in [5.41, 5.74) is 1.78. The molecule has 0 atom stereocenters. The highest BCUT2D eigenvalue weighted by Gasteiger charge is 2.26. The van der Waals surface area contributed by atoms with Crippen molar-refractivity contribution in [3.8, 4) is 0 Å². The van der Waals surface area contributed by atoms with Gasteiger partial charge in [-0.2, -0.15) is 0 Å². The van der Waals surface area contributed by atoms with Gasteiger partial charge in [-0.15, -0.1) is 6.58 Å². The van der Waals surface area contributed by atoms with Crippen LogP contribution >= 0.6 is 0 Å². The quantitative estimate of drug-likeness (QED) is 0.577. The minimum Gasteiger partial charge on any atom is -0.465 e. The van der Waals surface area contributed by atoms with Crippen LogP contribution in [-0.4, -0.2) is 42.2 Å². The zero-order valence-electron chi connectivity index (χ0n) is 14.6. The van der Waals surface area contributed by atoms with Crippen molar-refractivity contribution in [1.82, 2.24) is 9.88 Å². The summed E-state index contributed by atoms with van der Waals surface area (Å²) < 4.78 is 11.5. The van der Waals surface area contributed by atoms with Crippen molar-refractivity contribution in [2.24, 2.45) is 0 Å². The van der Waals surface area contributed by atoms with Gasteiger partial charge in [-0.1, -0.05) is 6.08 Å². The molecule has 7 nitrogen and oxygen atoms in total. The topological polar surface area (TPSA) is 86.6 Å². The standard InChI is InChI=1S/C17H24N2O5/c1-6-9-19-12(5)14(11(4)15(19)17(22)24-8-3)16(21)18-10-13(20)23-7-2/h6H,1,7-10H2,2-5H3,(H,18,21). The number of aromatic nitrogens is 1. The average Bonchev–Trinajstić information content (AvgIpc) is 2.77. The van der Waals surface area contributed by atoms with Crippen LogP contribution in [0.5, 0.6) is 0 Å². The Hall–Kier alpha value is -2.57. The van der Waals surface area contributed by atoms with E-state index in [0.717, 1.165) is 0 Å². The SMILES string of the molecule is C=CCn1c(C)c(C(=O)NCC(=O)OCC)c(C)c1C(=O)OCC. The van der Waals surface area contributed by atoms with Crippen molar-refractivity contribution in [2.45, 2.75) is 34.2 Å². The molecule has 1 aromatic rings. The van der Waals surface area contributed by atoms with Gasteiger partial charge in [-0.05, 0) is 33.3 Å². The lowest BCUT2D eigenvalue weighted by Crippen LogP contribution is -2.31. The lowest BCUT2D eigenvalue weighted by Gasteiger charge is -2.09. The van der Waals surface area contributed by atoms with Gasteiger partial charge in [-0.3, -0.25) is 9.59 Å². The fraction of sp³-hybridized carbons (Fsp3) is 0.471. The predicted octanol–water partition coefficient (Wildman–Crippen LogP) is 1.76. The summed E-state index contributed by atoms with van der Waals surface area (Å²) in [6.07, 6.45) is 1.63. The highest BCUT2D eigenvalue weighted by atomic mass is 16.5. The first kappa shape index (κ1) is 19.5. The molecule has 0 saturated heterocycles. The summed E-state index contributed by atoms with van der Waals surface area (Å²) in [6.45, 7) is 11.1. The molecule has 1 N–H and O–H groups in total. The molecule has 0 aliphatic heterocycles. The van der Waals surface area contributed by atoms with Gasteiger partial charge in [0, 0.05) is 12.2 Å². The Bertz CT molecular complexity index is 646. The second kappa shape index (κ2) is 8.90. The molecule has 0 aliphatic carbocycles. The summed E-state index contributed by atoms with van der Waals surface area (Å²) in [7, 11) is 0. The van der Waals surface area contributed by atoms with E-state index in [4.69, 9.17) is 9.47 Å². The van der Waals surface area contributed by atoms with Crippen molar-refractivity contribution < 1.29 is 23.9 Å². The van der Waals surface area contributed by atoms with Crippen LogP contribution in [0.3, 0.4) is 0 Å². The number of nitrogens with zero attached hydrogens (tertiary/aromatic N) is 1. The highest BCUT2D eigenvalue weighted by Crippen LogP contribution is 2.23. The summed E-state index contributed by atoms with van der Waals surface area (Å²) in [4.78, 5) is 36.0. The zero-order valence-corrected chi connectivity index (χ0v) is 14.6. The molecule has 1 rings (SSSR count). The van der Waals surface area contributed by atoms with E-state index < -0.39 is 17.8 Å². The van der Waals surface area contributed by atoms with Crippen LogP contribution in [0.2, 0.25) is 0 Å². The average molecular weight is 336 g/mol. The Morgan fingerprint density at radius 2 is 1.79 bits per heavy atom. The van der Waals surface area contributed by atoms with Gasteiger partial charge in [-0.25, -0.2) is 4.79 Å². The van der Waals surface area contributed by atoms with Crippen LogP contribution in [0.4, 0.5) is 0 Å². The number of carbonyl (C=O) groups is 3. The number of carbonyl (C=O) groups excluding carboxylic acids is 3. The molecule has 0 aliphatic rings. The molecule has 0 unspecified atom stereocenters. The maximum Gasteiger partial charge on any atom is 0.355 e. The first-order valence-electron chi connectivity index (χ1n) is 7.80. The first-order chi connectivity index (χ1) is 11.4. The number of amides is 1. The fourth-order valence-electron chi connectivity index (χ4n) is 2.50. The molecule has 0 aromatic carbocycles. The number of hydrogen-bond acceptors (Lipinski definition) is 5. The smallest absolute Gasteiger partial charge is 0.355 e. The minimum absolute atomic E-state index is 0.229. The van der Waals surface area contributed by atoms with Gasteiger partial charge in [0.2, 0.25) is 0 Å². The van der Waals surface area contributed by atoms with Crippen LogP contribution in [0.1, 0.15) is 46.0 Å². The molecular weight excluding hydrogens is 312 g/mol. The van der Waals surface area contributed by atoms with Crippen molar-refractivity contribution >= 4 is 17.8 Å². The molecule has 1 amide bonds. The fourth-order valence-corrected chi connectivity index (χ4v) is 2.50. The number of ether oxygens (including phenoxy) is 2. The largest absolute Gasteiger partial charge is 0.465 e. The number of allylic oxidation sites excluding steroid dienone is 1. The number of nitrogens with one attached hydrogen (secondary N) is 1. The van der Waals surface area contributed by atoms with E-state index >= 15 is 0 Å². The van der Waals surface area contributed by atoms with Crippen LogP contribution in [-0.2, 0) is 20.8 Å². The van der Waals surface area contributed by atoms with Gasteiger partial charge in [0.1, 0.15) is 12.2 Å².